The Balaban J connectivity index is 0.000000941. The summed E-state index contributed by atoms with van der Waals surface area (Å²) in [5.41, 5.74) is 3.44. The minimum Gasteiger partial charge on any atom is -0.494 e. The third-order valence-corrected chi connectivity index (χ3v) is 5.27. The van der Waals surface area contributed by atoms with Crippen molar-refractivity contribution in [2.75, 3.05) is 19.7 Å². The van der Waals surface area contributed by atoms with Gasteiger partial charge in [0.05, 0.1) is 6.61 Å². The van der Waals surface area contributed by atoms with Crippen LogP contribution in [0, 0.1) is 5.92 Å². The predicted octanol–water partition coefficient (Wildman–Crippen LogP) is 6.16. The van der Waals surface area contributed by atoms with Gasteiger partial charge in [-0.05, 0) is 73.9 Å². The van der Waals surface area contributed by atoms with Crippen LogP contribution < -0.4 is 4.74 Å². The van der Waals surface area contributed by atoms with Crippen molar-refractivity contribution in [3.63, 3.8) is 0 Å². The molecule has 0 radical (unpaired) electrons. The van der Waals surface area contributed by atoms with Gasteiger partial charge in [0.2, 0.25) is 0 Å². The number of piperidine rings is 1. The molecular weight excluding hydrogens is 358 g/mol. The van der Waals surface area contributed by atoms with Crippen molar-refractivity contribution >= 4 is 5.91 Å². The summed E-state index contributed by atoms with van der Waals surface area (Å²) in [4.78, 5) is 14.7. The molecule has 0 saturated carbocycles. The van der Waals surface area contributed by atoms with E-state index in [0.29, 0.717) is 12.5 Å². The van der Waals surface area contributed by atoms with Gasteiger partial charge in [-0.25, -0.2) is 0 Å². The molecule has 3 rings (SSSR count). The fourth-order valence-corrected chi connectivity index (χ4v) is 3.63. The van der Waals surface area contributed by atoms with Crippen LogP contribution in [-0.4, -0.2) is 30.5 Å². The first-order valence-corrected chi connectivity index (χ1v) is 11.2. The molecule has 3 heteroatoms. The fourth-order valence-electron chi connectivity index (χ4n) is 3.63. The molecule has 3 nitrogen and oxygen atoms in total. The van der Waals surface area contributed by atoms with E-state index in [-0.39, 0.29) is 5.91 Å². The van der Waals surface area contributed by atoms with Crippen molar-refractivity contribution in [1.82, 2.24) is 4.90 Å². The predicted molar refractivity (Wildman–Crippen MR) is 122 cm³/mol. The van der Waals surface area contributed by atoms with Gasteiger partial charge in [-0.1, -0.05) is 51.5 Å². The van der Waals surface area contributed by atoms with Crippen LogP contribution in [0.5, 0.6) is 5.75 Å². The molecule has 0 N–H and O–H groups in total. The van der Waals surface area contributed by atoms with Crippen LogP contribution >= 0.6 is 0 Å². The van der Waals surface area contributed by atoms with E-state index in [9.17, 15) is 4.79 Å². The van der Waals surface area contributed by atoms with E-state index in [1.54, 1.807) is 0 Å². The van der Waals surface area contributed by atoms with Gasteiger partial charge < -0.3 is 9.64 Å². The second-order valence-corrected chi connectivity index (χ2v) is 7.77. The van der Waals surface area contributed by atoms with Crippen molar-refractivity contribution in [2.45, 2.75) is 59.8 Å². The number of hydrogen-bond acceptors (Lipinski definition) is 2. The van der Waals surface area contributed by atoms with E-state index in [2.05, 4.69) is 57.2 Å². The minimum atomic E-state index is 0.173. The molecule has 1 heterocycles. The number of aryl methyl sites for hydroxylation is 1. The van der Waals surface area contributed by atoms with Gasteiger partial charge in [0.1, 0.15) is 5.75 Å². The van der Waals surface area contributed by atoms with Gasteiger partial charge in [0.15, 0.2) is 0 Å². The standard InChI is InChI=1S/C23H29NO2.C3H8/c1-3-18-5-9-21(10-6-18)23(25)24-15-13-20(14-16-24)17-19-7-11-22(12-8-19)26-4-2;1-3-2/h5-12,20H,3-4,13-17H2,1-2H3;3H2,1-2H3. The molecule has 1 fully saturated rings. The summed E-state index contributed by atoms with van der Waals surface area (Å²) in [5.74, 6) is 1.76. The Morgan fingerprint density at radius 1 is 0.897 bits per heavy atom. The molecule has 1 aliphatic rings. The third-order valence-electron chi connectivity index (χ3n) is 5.27. The molecule has 0 unspecified atom stereocenters. The Hall–Kier alpha value is -2.29. The molecule has 1 amide bonds. The molecule has 2 aromatic carbocycles. The van der Waals surface area contributed by atoms with E-state index >= 15 is 0 Å². The van der Waals surface area contributed by atoms with E-state index in [0.717, 1.165) is 50.1 Å². The van der Waals surface area contributed by atoms with E-state index in [1.807, 2.05) is 24.0 Å². The average Bonchev–Trinajstić information content (AvgIpc) is 2.76. The van der Waals surface area contributed by atoms with Gasteiger partial charge in [0, 0.05) is 18.7 Å². The average molecular weight is 396 g/mol. The van der Waals surface area contributed by atoms with Crippen molar-refractivity contribution in [1.29, 1.82) is 0 Å². The second kappa shape index (κ2) is 12.3. The Morgan fingerprint density at radius 2 is 1.45 bits per heavy atom. The molecule has 0 aliphatic carbocycles. The largest absolute Gasteiger partial charge is 0.494 e. The second-order valence-electron chi connectivity index (χ2n) is 7.77. The van der Waals surface area contributed by atoms with E-state index in [1.165, 1.54) is 17.5 Å². The summed E-state index contributed by atoms with van der Waals surface area (Å²) in [5, 5.41) is 0. The number of carbonyl (C=O) groups excluding carboxylic acids is 1. The highest BCUT2D eigenvalue weighted by Gasteiger charge is 2.23. The smallest absolute Gasteiger partial charge is 0.253 e. The zero-order valence-corrected chi connectivity index (χ0v) is 18.6. The summed E-state index contributed by atoms with van der Waals surface area (Å²) in [7, 11) is 0. The van der Waals surface area contributed by atoms with Crippen molar-refractivity contribution in [3.8, 4) is 5.75 Å². The van der Waals surface area contributed by atoms with Crippen LogP contribution in [0.15, 0.2) is 48.5 Å². The summed E-state index contributed by atoms with van der Waals surface area (Å²) in [6.45, 7) is 10.8. The maximum absolute atomic E-state index is 12.7. The summed E-state index contributed by atoms with van der Waals surface area (Å²) in [6, 6.07) is 16.5. The van der Waals surface area contributed by atoms with Crippen LogP contribution in [-0.2, 0) is 12.8 Å². The van der Waals surface area contributed by atoms with Gasteiger partial charge in [0.25, 0.3) is 5.91 Å². The van der Waals surface area contributed by atoms with Crippen molar-refractivity contribution < 1.29 is 9.53 Å². The van der Waals surface area contributed by atoms with Crippen LogP contribution in [0.25, 0.3) is 0 Å². The minimum absolute atomic E-state index is 0.173. The number of rotatable bonds is 6. The Morgan fingerprint density at radius 3 is 1.97 bits per heavy atom. The Labute approximate surface area is 177 Å². The lowest BCUT2D eigenvalue weighted by Crippen LogP contribution is -2.38. The SMILES string of the molecule is CCC.CCOc1ccc(CC2CCN(C(=O)c3ccc(CC)cc3)CC2)cc1. The number of likely N-dealkylation sites (tertiary alicyclic amines) is 1. The molecule has 0 spiro atoms. The number of nitrogens with zero attached hydrogens (tertiary/aromatic N) is 1. The quantitative estimate of drug-likeness (QED) is 0.586. The normalized spacial score (nSPS) is 14.1. The van der Waals surface area contributed by atoms with Gasteiger partial charge in [-0.3, -0.25) is 4.79 Å². The van der Waals surface area contributed by atoms with Gasteiger partial charge in [-0.2, -0.15) is 0 Å². The third kappa shape index (κ3) is 7.23. The zero-order valence-electron chi connectivity index (χ0n) is 18.6. The molecule has 0 bridgehead atoms. The molecule has 0 atom stereocenters. The van der Waals surface area contributed by atoms with Crippen molar-refractivity contribution in [2.24, 2.45) is 5.92 Å². The lowest BCUT2D eigenvalue weighted by atomic mass is 9.90. The monoisotopic (exact) mass is 395 g/mol. The van der Waals surface area contributed by atoms with Gasteiger partial charge in [-0.15, -0.1) is 0 Å². The first-order valence-electron chi connectivity index (χ1n) is 11.2. The van der Waals surface area contributed by atoms with Crippen LogP contribution in [0.1, 0.15) is 68.4 Å². The number of benzene rings is 2. The summed E-state index contributed by atoms with van der Waals surface area (Å²) >= 11 is 0. The zero-order chi connectivity index (χ0) is 21.1. The van der Waals surface area contributed by atoms with E-state index in [4.69, 9.17) is 4.74 Å². The van der Waals surface area contributed by atoms with Crippen molar-refractivity contribution in [3.05, 3.63) is 65.2 Å². The van der Waals surface area contributed by atoms with E-state index < -0.39 is 0 Å². The molecule has 2 aromatic rings. The highest BCUT2D eigenvalue weighted by Crippen LogP contribution is 2.24. The van der Waals surface area contributed by atoms with Crippen LogP contribution in [0.4, 0.5) is 0 Å². The molecule has 0 aromatic heterocycles. The topological polar surface area (TPSA) is 29.5 Å². The number of hydrogen-bond donors (Lipinski definition) is 0. The highest BCUT2D eigenvalue weighted by atomic mass is 16.5. The maximum Gasteiger partial charge on any atom is 0.253 e. The first kappa shape index (κ1) is 23.0. The number of ether oxygens (including phenoxy) is 1. The summed E-state index contributed by atoms with van der Waals surface area (Å²) < 4.78 is 5.50. The Kier molecular flexibility index (Phi) is 9.76. The molecule has 158 valence electrons. The number of amides is 1. The van der Waals surface area contributed by atoms with Crippen LogP contribution in [0.3, 0.4) is 0 Å². The maximum atomic E-state index is 12.7. The molecule has 1 saturated heterocycles. The molecule has 1 aliphatic heterocycles. The number of carbonyl (C=O) groups is 1. The Bertz CT molecular complexity index is 713. The molecular formula is C26H37NO2. The first-order chi connectivity index (χ1) is 14.1. The molecule has 29 heavy (non-hydrogen) atoms. The summed E-state index contributed by atoms with van der Waals surface area (Å²) in [6.07, 6.45) is 5.49. The fraction of sp³-hybridized carbons (Fsp3) is 0.500. The highest BCUT2D eigenvalue weighted by molar-refractivity contribution is 5.94. The van der Waals surface area contributed by atoms with Crippen LogP contribution in [0.2, 0.25) is 0 Å². The lowest BCUT2D eigenvalue weighted by Gasteiger charge is -2.32. The lowest BCUT2D eigenvalue weighted by molar-refractivity contribution is 0.0690. The van der Waals surface area contributed by atoms with Gasteiger partial charge >= 0.3 is 0 Å².